The van der Waals surface area contributed by atoms with Crippen LogP contribution in [-0.2, 0) is 12.8 Å². The lowest BCUT2D eigenvalue weighted by Crippen LogP contribution is -2.30. The molecule has 154 valence electrons. The molecule has 0 saturated carbocycles. The molecule has 0 aliphatic rings. The van der Waals surface area contributed by atoms with E-state index in [1.54, 1.807) is 4.57 Å². The van der Waals surface area contributed by atoms with Gasteiger partial charge in [0.15, 0.2) is 0 Å². The smallest absolute Gasteiger partial charge is 0.257 e. The zero-order valence-electron chi connectivity index (χ0n) is 18.3. The standard InChI is InChI=1S/C26H29N3O/c1-5-6-11-25-24(26(30)29(18(2)3)19(4)28-25)16-20-12-14-21(15-13-20)23-10-8-7-9-22(23)17-27/h7-10,12-15,18H,5-6,11,16H2,1-4H3. The van der Waals surface area contributed by atoms with Gasteiger partial charge >= 0.3 is 0 Å². The van der Waals surface area contributed by atoms with Crippen LogP contribution in [0.2, 0.25) is 0 Å². The number of nitriles is 1. The largest absolute Gasteiger partial charge is 0.294 e. The van der Waals surface area contributed by atoms with Crippen molar-refractivity contribution in [3.63, 3.8) is 0 Å². The minimum Gasteiger partial charge on any atom is -0.294 e. The van der Waals surface area contributed by atoms with Gasteiger partial charge in [-0.15, -0.1) is 0 Å². The average Bonchev–Trinajstić information content (AvgIpc) is 2.74. The molecule has 0 atom stereocenters. The number of benzene rings is 2. The van der Waals surface area contributed by atoms with Crippen molar-refractivity contribution in [2.24, 2.45) is 0 Å². The van der Waals surface area contributed by atoms with E-state index in [1.807, 2.05) is 69.3 Å². The van der Waals surface area contributed by atoms with Gasteiger partial charge in [0.05, 0.1) is 17.3 Å². The maximum absolute atomic E-state index is 13.3. The summed E-state index contributed by atoms with van der Waals surface area (Å²) in [4.78, 5) is 18.1. The molecule has 4 nitrogen and oxygen atoms in total. The lowest BCUT2D eigenvalue weighted by atomic mass is 9.96. The van der Waals surface area contributed by atoms with Crippen LogP contribution in [0.25, 0.3) is 11.1 Å². The minimum atomic E-state index is 0.0718. The predicted molar refractivity (Wildman–Crippen MR) is 122 cm³/mol. The third-order valence-electron chi connectivity index (χ3n) is 5.45. The van der Waals surface area contributed by atoms with Gasteiger partial charge in [-0.05, 0) is 56.4 Å². The molecule has 0 unspecified atom stereocenters. The van der Waals surface area contributed by atoms with E-state index in [0.29, 0.717) is 12.0 Å². The topological polar surface area (TPSA) is 58.7 Å². The zero-order chi connectivity index (χ0) is 21.7. The number of hydrogen-bond donors (Lipinski definition) is 0. The van der Waals surface area contributed by atoms with Gasteiger partial charge in [0.2, 0.25) is 0 Å². The molecule has 3 rings (SSSR count). The summed E-state index contributed by atoms with van der Waals surface area (Å²) in [6.07, 6.45) is 3.49. The van der Waals surface area contributed by atoms with Crippen LogP contribution < -0.4 is 5.56 Å². The summed E-state index contributed by atoms with van der Waals surface area (Å²) in [7, 11) is 0. The monoisotopic (exact) mass is 399 g/mol. The second-order valence-corrected chi connectivity index (χ2v) is 7.99. The molecule has 0 spiro atoms. The number of aryl methyl sites for hydroxylation is 2. The Morgan fingerprint density at radius 1 is 1.10 bits per heavy atom. The Labute approximate surface area is 178 Å². The first kappa shape index (κ1) is 21.5. The molecule has 0 fully saturated rings. The normalized spacial score (nSPS) is 10.9. The number of aromatic nitrogens is 2. The third-order valence-corrected chi connectivity index (χ3v) is 5.45. The Kier molecular flexibility index (Phi) is 6.84. The Balaban J connectivity index is 1.98. The van der Waals surface area contributed by atoms with E-state index in [-0.39, 0.29) is 11.6 Å². The second-order valence-electron chi connectivity index (χ2n) is 7.99. The summed E-state index contributed by atoms with van der Waals surface area (Å²) in [6.45, 7) is 8.11. The first-order valence-corrected chi connectivity index (χ1v) is 10.7. The number of nitrogens with zero attached hydrogens (tertiary/aromatic N) is 3. The van der Waals surface area contributed by atoms with E-state index in [1.165, 1.54) is 0 Å². The lowest BCUT2D eigenvalue weighted by Gasteiger charge is -2.18. The Bertz CT molecular complexity index is 1120. The highest BCUT2D eigenvalue weighted by Crippen LogP contribution is 2.24. The summed E-state index contributed by atoms with van der Waals surface area (Å²) in [6, 6.07) is 18.1. The number of hydrogen-bond acceptors (Lipinski definition) is 3. The van der Waals surface area contributed by atoms with E-state index in [4.69, 9.17) is 4.98 Å². The fourth-order valence-corrected chi connectivity index (χ4v) is 3.91. The van der Waals surface area contributed by atoms with Crippen LogP contribution in [-0.4, -0.2) is 9.55 Å². The van der Waals surface area contributed by atoms with Crippen LogP contribution >= 0.6 is 0 Å². The fourth-order valence-electron chi connectivity index (χ4n) is 3.91. The highest BCUT2D eigenvalue weighted by molar-refractivity contribution is 5.70. The summed E-state index contributed by atoms with van der Waals surface area (Å²) in [5.41, 5.74) is 5.46. The van der Waals surface area contributed by atoms with Crippen molar-refractivity contribution in [3.8, 4) is 17.2 Å². The molecule has 0 amide bonds. The van der Waals surface area contributed by atoms with E-state index < -0.39 is 0 Å². The van der Waals surface area contributed by atoms with Gasteiger partial charge in [-0.3, -0.25) is 9.36 Å². The van der Waals surface area contributed by atoms with Crippen LogP contribution in [0.4, 0.5) is 0 Å². The molecule has 2 aromatic carbocycles. The molecule has 3 aromatic rings. The molecular formula is C26H29N3O. The second kappa shape index (κ2) is 9.54. The SMILES string of the molecule is CCCCc1nc(C)n(C(C)C)c(=O)c1Cc1ccc(-c2ccccc2C#N)cc1. The van der Waals surface area contributed by atoms with Gasteiger partial charge < -0.3 is 0 Å². The zero-order valence-corrected chi connectivity index (χ0v) is 18.3. The van der Waals surface area contributed by atoms with Crippen LogP contribution in [0, 0.1) is 18.3 Å². The molecule has 1 heterocycles. The van der Waals surface area contributed by atoms with E-state index in [9.17, 15) is 10.1 Å². The molecule has 0 saturated heterocycles. The van der Waals surface area contributed by atoms with Crippen LogP contribution in [0.15, 0.2) is 53.3 Å². The maximum Gasteiger partial charge on any atom is 0.257 e. The van der Waals surface area contributed by atoms with Crippen molar-refractivity contribution in [1.82, 2.24) is 9.55 Å². The molecule has 0 aliphatic carbocycles. The Hall–Kier alpha value is -3.19. The van der Waals surface area contributed by atoms with Gasteiger partial charge in [-0.1, -0.05) is 55.8 Å². The quantitative estimate of drug-likeness (QED) is 0.519. The summed E-state index contributed by atoms with van der Waals surface area (Å²) in [5, 5.41) is 9.36. The first-order chi connectivity index (χ1) is 14.5. The lowest BCUT2D eigenvalue weighted by molar-refractivity contribution is 0.537. The van der Waals surface area contributed by atoms with Crippen LogP contribution in [0.3, 0.4) is 0 Å². The summed E-state index contributed by atoms with van der Waals surface area (Å²) >= 11 is 0. The minimum absolute atomic E-state index is 0.0718. The Morgan fingerprint density at radius 2 is 1.80 bits per heavy atom. The van der Waals surface area contributed by atoms with Crippen LogP contribution in [0.1, 0.15) is 67.9 Å². The van der Waals surface area contributed by atoms with Gasteiger partial charge in [0.1, 0.15) is 5.82 Å². The van der Waals surface area contributed by atoms with Crippen molar-refractivity contribution >= 4 is 0 Å². The van der Waals surface area contributed by atoms with Crippen molar-refractivity contribution in [3.05, 3.63) is 87.1 Å². The van der Waals surface area contributed by atoms with E-state index >= 15 is 0 Å². The Morgan fingerprint density at radius 3 is 2.43 bits per heavy atom. The molecule has 30 heavy (non-hydrogen) atoms. The molecule has 0 aliphatic heterocycles. The summed E-state index contributed by atoms with van der Waals surface area (Å²) < 4.78 is 1.79. The van der Waals surface area contributed by atoms with Gasteiger partial charge in [0.25, 0.3) is 5.56 Å². The molecule has 4 heteroatoms. The fraction of sp³-hybridized carbons (Fsp3) is 0.346. The van der Waals surface area contributed by atoms with Gasteiger partial charge in [0, 0.05) is 18.0 Å². The predicted octanol–water partition coefficient (Wildman–Crippen LogP) is 5.60. The molecule has 0 radical (unpaired) electrons. The number of rotatable bonds is 7. The van der Waals surface area contributed by atoms with Crippen LogP contribution in [0.5, 0.6) is 0 Å². The van der Waals surface area contributed by atoms with Gasteiger partial charge in [-0.2, -0.15) is 5.26 Å². The van der Waals surface area contributed by atoms with Gasteiger partial charge in [-0.25, -0.2) is 4.98 Å². The first-order valence-electron chi connectivity index (χ1n) is 10.7. The highest BCUT2D eigenvalue weighted by atomic mass is 16.1. The molecular weight excluding hydrogens is 370 g/mol. The molecule has 1 aromatic heterocycles. The van der Waals surface area contributed by atoms with Crippen molar-refractivity contribution in [2.45, 2.75) is 59.4 Å². The van der Waals surface area contributed by atoms with Crippen molar-refractivity contribution in [1.29, 1.82) is 5.26 Å². The maximum atomic E-state index is 13.3. The number of unbranched alkanes of at least 4 members (excludes halogenated alkanes) is 1. The molecule has 0 N–H and O–H groups in total. The molecule has 0 bridgehead atoms. The average molecular weight is 400 g/mol. The summed E-state index contributed by atoms with van der Waals surface area (Å²) in [5.74, 6) is 0.785. The van der Waals surface area contributed by atoms with Crippen molar-refractivity contribution < 1.29 is 0 Å². The van der Waals surface area contributed by atoms with E-state index in [0.717, 1.165) is 53.0 Å². The van der Waals surface area contributed by atoms with Crippen molar-refractivity contribution in [2.75, 3.05) is 0 Å². The third kappa shape index (κ3) is 4.52. The van der Waals surface area contributed by atoms with E-state index in [2.05, 4.69) is 13.0 Å². The highest BCUT2D eigenvalue weighted by Gasteiger charge is 2.16.